The van der Waals surface area contributed by atoms with Gasteiger partial charge in [-0.2, -0.15) is 0 Å². The van der Waals surface area contributed by atoms with E-state index in [9.17, 15) is 0 Å². The highest BCUT2D eigenvalue weighted by Crippen LogP contribution is 2.41. The van der Waals surface area contributed by atoms with Crippen molar-refractivity contribution in [3.63, 3.8) is 0 Å². The molecular formula is C26H16S2. The fraction of sp³-hybridized carbons (Fsp3) is 0. The predicted molar refractivity (Wildman–Crippen MR) is 122 cm³/mol. The molecule has 4 aromatic carbocycles. The van der Waals surface area contributed by atoms with Gasteiger partial charge in [-0.05, 0) is 57.1 Å². The van der Waals surface area contributed by atoms with Gasteiger partial charge in [0.2, 0.25) is 0 Å². The Labute approximate surface area is 172 Å². The molecule has 0 radical (unpaired) electrons. The van der Waals surface area contributed by atoms with Gasteiger partial charge in [-0.3, -0.25) is 0 Å². The number of benzene rings is 4. The van der Waals surface area contributed by atoms with E-state index in [4.69, 9.17) is 0 Å². The second-order valence-electron chi connectivity index (χ2n) is 6.48. The van der Waals surface area contributed by atoms with Gasteiger partial charge in [0.25, 0.3) is 0 Å². The molecule has 5 rings (SSSR count). The number of rotatable bonds is 2. The van der Waals surface area contributed by atoms with Crippen molar-refractivity contribution in [1.29, 1.82) is 0 Å². The third-order valence-electron chi connectivity index (χ3n) is 4.66. The number of hydrogen-bond donors (Lipinski definition) is 0. The van der Waals surface area contributed by atoms with Crippen LogP contribution in [0.1, 0.15) is 10.4 Å². The van der Waals surface area contributed by atoms with Crippen molar-refractivity contribution in [1.82, 2.24) is 0 Å². The van der Waals surface area contributed by atoms with E-state index < -0.39 is 0 Å². The molecule has 28 heavy (non-hydrogen) atoms. The van der Waals surface area contributed by atoms with Crippen LogP contribution in [-0.2, 0) is 0 Å². The summed E-state index contributed by atoms with van der Waals surface area (Å²) >= 11 is 3.53. The molecule has 0 saturated heterocycles. The van der Waals surface area contributed by atoms with Crippen LogP contribution in [0.4, 0.5) is 0 Å². The molecule has 0 saturated carbocycles. The highest BCUT2D eigenvalue weighted by molar-refractivity contribution is 8.00. The van der Waals surface area contributed by atoms with E-state index in [2.05, 4.69) is 77.9 Å². The average Bonchev–Trinajstić information content (AvgIpc) is 3.20. The summed E-state index contributed by atoms with van der Waals surface area (Å²) in [4.78, 5) is 3.63. The molecule has 0 fully saturated rings. The predicted octanol–water partition coefficient (Wildman–Crippen LogP) is 7.61. The van der Waals surface area contributed by atoms with Crippen molar-refractivity contribution in [3.05, 3.63) is 107 Å². The van der Waals surface area contributed by atoms with E-state index in [1.165, 1.54) is 31.3 Å². The van der Waals surface area contributed by atoms with Crippen LogP contribution in [0, 0.1) is 11.8 Å². The zero-order chi connectivity index (χ0) is 18.8. The fourth-order valence-corrected chi connectivity index (χ4v) is 5.39. The van der Waals surface area contributed by atoms with Gasteiger partial charge >= 0.3 is 0 Å². The van der Waals surface area contributed by atoms with Crippen molar-refractivity contribution in [2.75, 3.05) is 0 Å². The van der Waals surface area contributed by atoms with Crippen LogP contribution in [0.15, 0.2) is 106 Å². The third-order valence-corrected chi connectivity index (χ3v) is 6.82. The van der Waals surface area contributed by atoms with E-state index >= 15 is 0 Å². The standard InChI is InChI=1S/C26H16S2/c1-2-8-19(9-3-1)14-15-24-25(16-17-27-24)28-26-22-12-6-4-10-20(22)18-21-11-5-7-13-23(21)26/h1-13,16-18H. The van der Waals surface area contributed by atoms with Crippen molar-refractivity contribution in [2.24, 2.45) is 0 Å². The second kappa shape index (κ2) is 7.56. The monoisotopic (exact) mass is 392 g/mol. The Bertz CT molecular complexity index is 1280. The minimum Gasteiger partial charge on any atom is -0.134 e. The summed E-state index contributed by atoms with van der Waals surface area (Å²) in [7, 11) is 0. The van der Waals surface area contributed by atoms with E-state index in [-0.39, 0.29) is 0 Å². The molecule has 132 valence electrons. The Morgan fingerprint density at radius 3 is 2.00 bits per heavy atom. The molecule has 1 heterocycles. The van der Waals surface area contributed by atoms with Crippen LogP contribution < -0.4 is 0 Å². The highest BCUT2D eigenvalue weighted by atomic mass is 32.2. The Morgan fingerprint density at radius 1 is 0.643 bits per heavy atom. The van der Waals surface area contributed by atoms with Crippen molar-refractivity contribution >= 4 is 44.6 Å². The third kappa shape index (κ3) is 3.31. The Morgan fingerprint density at radius 2 is 1.29 bits per heavy atom. The van der Waals surface area contributed by atoms with Crippen LogP contribution in [-0.4, -0.2) is 0 Å². The van der Waals surface area contributed by atoms with Gasteiger partial charge in [0, 0.05) is 15.4 Å². The first-order valence-corrected chi connectivity index (χ1v) is 10.8. The van der Waals surface area contributed by atoms with Crippen LogP contribution in [0.5, 0.6) is 0 Å². The normalized spacial score (nSPS) is 10.7. The summed E-state index contributed by atoms with van der Waals surface area (Å²) in [5.41, 5.74) is 1.04. The lowest BCUT2D eigenvalue weighted by atomic mass is 10.0. The molecule has 5 aromatic rings. The zero-order valence-electron chi connectivity index (χ0n) is 15.1. The molecular weight excluding hydrogens is 376 g/mol. The van der Waals surface area contributed by atoms with Crippen molar-refractivity contribution < 1.29 is 0 Å². The minimum atomic E-state index is 1.04. The lowest BCUT2D eigenvalue weighted by molar-refractivity contribution is 1.51. The maximum atomic E-state index is 3.37. The first-order chi connectivity index (χ1) is 13.9. The number of thiophene rings is 1. The molecule has 0 aliphatic carbocycles. The van der Waals surface area contributed by atoms with E-state index in [0.29, 0.717) is 0 Å². The van der Waals surface area contributed by atoms with Crippen LogP contribution >= 0.6 is 23.1 Å². The van der Waals surface area contributed by atoms with Crippen molar-refractivity contribution in [2.45, 2.75) is 9.79 Å². The number of fused-ring (bicyclic) bond motifs is 2. The quantitative estimate of drug-likeness (QED) is 0.220. The molecule has 0 atom stereocenters. The van der Waals surface area contributed by atoms with Gasteiger partial charge in [0.05, 0.1) is 4.88 Å². The Balaban J connectivity index is 1.62. The topological polar surface area (TPSA) is 0 Å². The lowest BCUT2D eigenvalue weighted by Gasteiger charge is -2.11. The molecule has 0 spiro atoms. The summed E-state index contributed by atoms with van der Waals surface area (Å²) in [6.45, 7) is 0. The molecule has 0 bridgehead atoms. The summed E-state index contributed by atoms with van der Waals surface area (Å²) < 4.78 is 0. The maximum Gasteiger partial charge on any atom is 0.0911 e. The molecule has 0 unspecified atom stereocenters. The Kier molecular flexibility index (Phi) is 4.62. The average molecular weight is 393 g/mol. The Hall–Kier alpha value is -2.99. The molecule has 0 amide bonds. The molecule has 0 N–H and O–H groups in total. The largest absolute Gasteiger partial charge is 0.134 e. The summed E-state index contributed by atoms with van der Waals surface area (Å²) in [5.74, 6) is 6.67. The second-order valence-corrected chi connectivity index (χ2v) is 8.45. The molecule has 0 aliphatic heterocycles. The van der Waals surface area contributed by atoms with Gasteiger partial charge in [-0.25, -0.2) is 0 Å². The van der Waals surface area contributed by atoms with E-state index in [1.807, 2.05) is 42.1 Å². The lowest BCUT2D eigenvalue weighted by Crippen LogP contribution is -1.83. The maximum absolute atomic E-state index is 3.37. The fourth-order valence-electron chi connectivity index (χ4n) is 3.31. The summed E-state index contributed by atoms with van der Waals surface area (Å²) in [5, 5.41) is 7.26. The van der Waals surface area contributed by atoms with E-state index in [0.717, 1.165) is 10.4 Å². The first kappa shape index (κ1) is 17.1. The van der Waals surface area contributed by atoms with Gasteiger partial charge in [0.15, 0.2) is 0 Å². The van der Waals surface area contributed by atoms with Gasteiger partial charge in [-0.15, -0.1) is 11.3 Å². The van der Waals surface area contributed by atoms with Crippen LogP contribution in [0.2, 0.25) is 0 Å². The SMILES string of the molecule is C(#Cc1sccc1Sc1c2ccccc2cc2ccccc12)c1ccccc1. The smallest absolute Gasteiger partial charge is 0.0911 e. The molecule has 1 aromatic heterocycles. The molecule has 2 heteroatoms. The first-order valence-electron chi connectivity index (χ1n) is 9.11. The van der Waals surface area contributed by atoms with Gasteiger partial charge < -0.3 is 0 Å². The number of hydrogen-bond acceptors (Lipinski definition) is 2. The molecule has 0 aliphatic rings. The summed E-state index contributed by atoms with van der Waals surface area (Å²) in [6, 6.07) is 31.9. The van der Waals surface area contributed by atoms with Crippen molar-refractivity contribution in [3.8, 4) is 11.8 Å². The molecule has 0 nitrogen and oxygen atoms in total. The van der Waals surface area contributed by atoms with Gasteiger partial charge in [0.1, 0.15) is 0 Å². The van der Waals surface area contributed by atoms with Crippen LogP contribution in [0.3, 0.4) is 0 Å². The zero-order valence-corrected chi connectivity index (χ0v) is 16.7. The summed E-state index contributed by atoms with van der Waals surface area (Å²) in [6.07, 6.45) is 0. The van der Waals surface area contributed by atoms with Gasteiger partial charge in [-0.1, -0.05) is 84.4 Å². The van der Waals surface area contributed by atoms with Crippen LogP contribution in [0.25, 0.3) is 21.5 Å². The minimum absolute atomic E-state index is 1.04. The highest BCUT2D eigenvalue weighted by Gasteiger charge is 2.11. The van der Waals surface area contributed by atoms with E-state index in [1.54, 1.807) is 11.3 Å².